The number of sulfonamides is 1. The Balaban J connectivity index is 3.21. The van der Waals surface area contributed by atoms with Crippen LogP contribution in [0.4, 0.5) is 0 Å². The monoisotopic (exact) mass is 332 g/mol. The average molecular weight is 333 g/mol. The summed E-state index contributed by atoms with van der Waals surface area (Å²) in [5.41, 5.74) is 0.132. The van der Waals surface area contributed by atoms with Gasteiger partial charge in [0.2, 0.25) is 10.0 Å². The van der Waals surface area contributed by atoms with Crippen LogP contribution < -0.4 is 10.5 Å². The SMILES string of the molecule is CCCC(C)(C)NC(=O)c1cc(Cl)c(C)c(S(N)(=O)=O)c1. The number of hydrogen-bond donors (Lipinski definition) is 2. The lowest BCUT2D eigenvalue weighted by atomic mass is 9.98. The summed E-state index contributed by atoms with van der Waals surface area (Å²) in [4.78, 5) is 12.1. The second kappa shape index (κ2) is 6.34. The van der Waals surface area contributed by atoms with Gasteiger partial charge in [-0.1, -0.05) is 24.9 Å². The third-order valence-electron chi connectivity index (χ3n) is 3.19. The molecule has 1 aromatic rings. The molecule has 0 spiro atoms. The van der Waals surface area contributed by atoms with Gasteiger partial charge in [-0.15, -0.1) is 0 Å². The molecule has 0 bridgehead atoms. The summed E-state index contributed by atoms with van der Waals surface area (Å²) in [6, 6.07) is 2.71. The lowest BCUT2D eigenvalue weighted by Crippen LogP contribution is -2.43. The predicted molar refractivity (Wildman–Crippen MR) is 84.0 cm³/mol. The van der Waals surface area contributed by atoms with Gasteiger partial charge in [0.25, 0.3) is 5.91 Å². The number of benzene rings is 1. The summed E-state index contributed by atoms with van der Waals surface area (Å²) in [5, 5.41) is 8.21. The van der Waals surface area contributed by atoms with Crippen LogP contribution >= 0.6 is 11.6 Å². The first kappa shape index (κ1) is 17.9. The van der Waals surface area contributed by atoms with Gasteiger partial charge < -0.3 is 5.32 Å². The molecule has 0 unspecified atom stereocenters. The van der Waals surface area contributed by atoms with E-state index in [4.69, 9.17) is 16.7 Å². The molecule has 0 radical (unpaired) electrons. The number of nitrogens with one attached hydrogen (secondary N) is 1. The van der Waals surface area contributed by atoms with Crippen molar-refractivity contribution < 1.29 is 13.2 Å². The van der Waals surface area contributed by atoms with Gasteiger partial charge in [0.1, 0.15) is 0 Å². The Morgan fingerprint density at radius 3 is 2.43 bits per heavy atom. The van der Waals surface area contributed by atoms with E-state index >= 15 is 0 Å². The van der Waals surface area contributed by atoms with E-state index in [0.717, 1.165) is 12.8 Å². The highest BCUT2D eigenvalue weighted by Gasteiger charge is 2.23. The smallest absolute Gasteiger partial charge is 0.251 e. The van der Waals surface area contributed by atoms with Crippen molar-refractivity contribution >= 4 is 27.5 Å². The lowest BCUT2D eigenvalue weighted by Gasteiger charge is -2.26. The molecule has 21 heavy (non-hydrogen) atoms. The van der Waals surface area contributed by atoms with Crippen LogP contribution in [-0.4, -0.2) is 19.9 Å². The fraction of sp³-hybridized carbons (Fsp3) is 0.500. The van der Waals surface area contributed by atoms with Gasteiger partial charge in [0.05, 0.1) is 4.90 Å². The van der Waals surface area contributed by atoms with Gasteiger partial charge in [-0.3, -0.25) is 4.79 Å². The van der Waals surface area contributed by atoms with E-state index in [-0.39, 0.29) is 26.9 Å². The predicted octanol–water partition coefficient (Wildman–Crippen LogP) is 2.60. The fourth-order valence-corrected chi connectivity index (χ4v) is 3.25. The van der Waals surface area contributed by atoms with E-state index in [2.05, 4.69) is 5.32 Å². The number of amides is 1. The van der Waals surface area contributed by atoms with Gasteiger partial charge in [-0.05, 0) is 44.9 Å². The Hall–Kier alpha value is -1.11. The maximum absolute atomic E-state index is 12.3. The third kappa shape index (κ3) is 4.69. The number of rotatable bonds is 5. The molecule has 118 valence electrons. The molecular weight excluding hydrogens is 312 g/mol. The van der Waals surface area contributed by atoms with Crippen molar-refractivity contribution in [2.75, 3.05) is 0 Å². The summed E-state index contributed by atoms with van der Waals surface area (Å²) in [7, 11) is -3.93. The Morgan fingerprint density at radius 2 is 1.95 bits per heavy atom. The van der Waals surface area contributed by atoms with Crippen LogP contribution in [0.3, 0.4) is 0 Å². The Kier molecular flexibility index (Phi) is 5.41. The van der Waals surface area contributed by atoms with Crippen LogP contribution in [0.2, 0.25) is 5.02 Å². The molecule has 3 N–H and O–H groups in total. The number of halogens is 1. The quantitative estimate of drug-likeness (QED) is 0.868. The minimum absolute atomic E-state index is 0.131. The Morgan fingerprint density at radius 1 is 1.38 bits per heavy atom. The Labute approximate surface area is 130 Å². The number of carbonyl (C=O) groups is 1. The van der Waals surface area contributed by atoms with E-state index in [0.29, 0.717) is 5.56 Å². The molecular formula is C14H21ClN2O3S. The van der Waals surface area contributed by atoms with E-state index in [1.54, 1.807) is 6.92 Å². The molecule has 0 aliphatic rings. The van der Waals surface area contributed by atoms with E-state index in [9.17, 15) is 13.2 Å². The summed E-state index contributed by atoms with van der Waals surface area (Å²) in [6.07, 6.45) is 1.73. The average Bonchev–Trinajstić information content (AvgIpc) is 2.29. The largest absolute Gasteiger partial charge is 0.347 e. The van der Waals surface area contributed by atoms with Crippen molar-refractivity contribution in [3.63, 3.8) is 0 Å². The summed E-state index contributed by atoms with van der Waals surface area (Å²) < 4.78 is 23.1. The van der Waals surface area contributed by atoms with Gasteiger partial charge in [0, 0.05) is 16.1 Å². The highest BCUT2D eigenvalue weighted by atomic mass is 35.5. The topological polar surface area (TPSA) is 89.3 Å². The molecule has 0 aliphatic carbocycles. The Bertz CT molecular complexity index is 654. The fourth-order valence-electron chi connectivity index (χ4n) is 2.15. The first-order valence-electron chi connectivity index (χ1n) is 6.63. The molecule has 1 rings (SSSR count). The van der Waals surface area contributed by atoms with Crippen LogP contribution in [0.5, 0.6) is 0 Å². The second-order valence-electron chi connectivity index (χ2n) is 5.71. The molecule has 0 saturated heterocycles. The minimum atomic E-state index is -3.93. The summed E-state index contributed by atoms with van der Waals surface area (Å²) in [6.45, 7) is 7.39. The molecule has 1 amide bonds. The normalized spacial score (nSPS) is 12.3. The highest BCUT2D eigenvalue weighted by molar-refractivity contribution is 7.89. The zero-order valence-electron chi connectivity index (χ0n) is 12.7. The lowest BCUT2D eigenvalue weighted by molar-refractivity contribution is 0.0909. The minimum Gasteiger partial charge on any atom is -0.347 e. The first-order chi connectivity index (χ1) is 9.48. The molecule has 0 fully saturated rings. The summed E-state index contributed by atoms with van der Waals surface area (Å²) in [5.74, 6) is -0.375. The van der Waals surface area contributed by atoms with Gasteiger partial charge in [-0.25, -0.2) is 13.6 Å². The molecule has 1 aromatic carbocycles. The maximum atomic E-state index is 12.3. The summed E-state index contributed by atoms with van der Waals surface area (Å²) >= 11 is 6.00. The van der Waals surface area contributed by atoms with Crippen molar-refractivity contribution in [2.45, 2.75) is 51.0 Å². The first-order valence-corrected chi connectivity index (χ1v) is 8.56. The van der Waals surface area contributed by atoms with Crippen LogP contribution in [-0.2, 0) is 10.0 Å². The van der Waals surface area contributed by atoms with Crippen molar-refractivity contribution in [3.8, 4) is 0 Å². The van der Waals surface area contributed by atoms with E-state index in [1.165, 1.54) is 12.1 Å². The van der Waals surface area contributed by atoms with Crippen molar-refractivity contribution in [1.82, 2.24) is 5.32 Å². The van der Waals surface area contributed by atoms with Crippen LogP contribution in [0.25, 0.3) is 0 Å². The molecule has 0 atom stereocenters. The molecule has 0 aliphatic heterocycles. The number of primary sulfonamides is 1. The van der Waals surface area contributed by atoms with Gasteiger partial charge >= 0.3 is 0 Å². The second-order valence-corrected chi connectivity index (χ2v) is 7.65. The molecule has 0 aromatic heterocycles. The van der Waals surface area contributed by atoms with E-state index in [1.807, 2.05) is 20.8 Å². The molecule has 5 nitrogen and oxygen atoms in total. The molecule has 0 heterocycles. The zero-order valence-corrected chi connectivity index (χ0v) is 14.2. The van der Waals surface area contributed by atoms with Crippen molar-refractivity contribution in [1.29, 1.82) is 0 Å². The molecule has 0 saturated carbocycles. The van der Waals surface area contributed by atoms with Gasteiger partial charge in [0.15, 0.2) is 0 Å². The van der Waals surface area contributed by atoms with Gasteiger partial charge in [-0.2, -0.15) is 0 Å². The highest BCUT2D eigenvalue weighted by Crippen LogP contribution is 2.25. The van der Waals surface area contributed by atoms with Crippen LogP contribution in [0, 0.1) is 6.92 Å². The standard InChI is InChI=1S/C14H21ClN2O3S/c1-5-6-14(3,4)17-13(18)10-7-11(15)9(2)12(8-10)21(16,19)20/h7-8H,5-6H2,1-4H3,(H,17,18)(H2,16,19,20). The van der Waals surface area contributed by atoms with Crippen LogP contribution in [0.1, 0.15) is 49.5 Å². The van der Waals surface area contributed by atoms with Crippen molar-refractivity contribution in [2.24, 2.45) is 5.14 Å². The number of hydrogen-bond acceptors (Lipinski definition) is 3. The zero-order chi connectivity index (χ0) is 16.4. The molecule has 7 heteroatoms. The van der Waals surface area contributed by atoms with Crippen LogP contribution in [0.15, 0.2) is 17.0 Å². The van der Waals surface area contributed by atoms with Crippen molar-refractivity contribution in [3.05, 3.63) is 28.3 Å². The van der Waals surface area contributed by atoms with E-state index < -0.39 is 10.0 Å². The number of carbonyl (C=O) groups excluding carboxylic acids is 1. The third-order valence-corrected chi connectivity index (χ3v) is 4.62. The maximum Gasteiger partial charge on any atom is 0.251 e. The number of nitrogens with two attached hydrogens (primary N) is 1.